The number of hydrogen-bond donors (Lipinski definition) is 1. The Kier molecular flexibility index (Phi) is 6.43. The Hall–Kier alpha value is -2.29. The number of thiophene rings is 1. The quantitative estimate of drug-likeness (QED) is 0.432. The molecule has 0 bridgehead atoms. The number of thiocarbonyl (C=S) groups is 1. The van der Waals surface area contributed by atoms with E-state index in [0.717, 1.165) is 4.88 Å². The summed E-state index contributed by atoms with van der Waals surface area (Å²) in [7, 11) is 1.54. The van der Waals surface area contributed by atoms with Gasteiger partial charge in [-0.1, -0.05) is 12.1 Å². The van der Waals surface area contributed by atoms with E-state index in [1.54, 1.807) is 38.0 Å². The zero-order valence-corrected chi connectivity index (χ0v) is 17.5. The third-order valence-corrected chi connectivity index (χ3v) is 5.70. The van der Waals surface area contributed by atoms with Gasteiger partial charge in [0, 0.05) is 17.7 Å². The summed E-state index contributed by atoms with van der Waals surface area (Å²) in [5.74, 6) is -0.793. The molecule has 2 aromatic rings. The van der Waals surface area contributed by atoms with Crippen molar-refractivity contribution in [3.8, 4) is 0 Å². The smallest absolute Gasteiger partial charge is 0.338 e. The zero-order chi connectivity index (χ0) is 20.3. The first kappa shape index (κ1) is 20.4. The fourth-order valence-corrected chi connectivity index (χ4v) is 4.15. The number of nitrogens with one attached hydrogen (secondary N) is 1. The van der Waals surface area contributed by atoms with Crippen LogP contribution in [0, 0.1) is 12.7 Å². The summed E-state index contributed by atoms with van der Waals surface area (Å²) in [6.45, 7) is 3.94. The summed E-state index contributed by atoms with van der Waals surface area (Å²) in [4.78, 5) is 15.5. The highest BCUT2D eigenvalue weighted by Crippen LogP contribution is 2.36. The van der Waals surface area contributed by atoms with E-state index in [-0.39, 0.29) is 12.4 Å². The van der Waals surface area contributed by atoms with Crippen molar-refractivity contribution in [1.82, 2.24) is 5.32 Å². The van der Waals surface area contributed by atoms with Crippen LogP contribution in [-0.4, -0.2) is 31.4 Å². The van der Waals surface area contributed by atoms with Gasteiger partial charge in [-0.25, -0.2) is 9.18 Å². The average molecular weight is 421 g/mol. The molecule has 28 heavy (non-hydrogen) atoms. The molecule has 0 spiro atoms. The number of halogens is 1. The fourth-order valence-electron chi connectivity index (χ4n) is 3.00. The number of carbonyl (C=O) groups is 1. The van der Waals surface area contributed by atoms with E-state index in [2.05, 4.69) is 5.32 Å². The summed E-state index contributed by atoms with van der Waals surface area (Å²) in [5.41, 5.74) is 2.13. The van der Waals surface area contributed by atoms with Crippen LogP contribution in [0.15, 0.2) is 47.0 Å². The largest absolute Gasteiger partial charge is 0.460 e. The number of esters is 1. The van der Waals surface area contributed by atoms with Crippen LogP contribution in [-0.2, 0) is 14.3 Å². The van der Waals surface area contributed by atoms with E-state index in [4.69, 9.17) is 21.7 Å². The van der Waals surface area contributed by atoms with Gasteiger partial charge in [-0.3, -0.25) is 4.90 Å². The molecule has 148 valence electrons. The first-order valence-electron chi connectivity index (χ1n) is 8.71. The van der Waals surface area contributed by atoms with E-state index >= 15 is 0 Å². The van der Waals surface area contributed by atoms with Crippen LogP contribution < -0.4 is 10.2 Å². The van der Waals surface area contributed by atoms with Crippen LogP contribution in [0.4, 0.5) is 10.1 Å². The highest BCUT2D eigenvalue weighted by Gasteiger charge is 2.36. The number of ether oxygens (including phenoxy) is 2. The maximum atomic E-state index is 14.1. The summed E-state index contributed by atoms with van der Waals surface area (Å²) in [6, 6.07) is 8.29. The Balaban J connectivity index is 2.05. The number of benzene rings is 1. The highest BCUT2D eigenvalue weighted by atomic mass is 32.1. The molecule has 0 radical (unpaired) electrons. The van der Waals surface area contributed by atoms with Crippen molar-refractivity contribution in [2.24, 2.45) is 0 Å². The number of aryl methyl sites for hydroxylation is 1. The second-order valence-corrected chi connectivity index (χ2v) is 7.66. The van der Waals surface area contributed by atoms with Crippen LogP contribution in [0.3, 0.4) is 0 Å². The normalized spacial score (nSPS) is 16.9. The van der Waals surface area contributed by atoms with E-state index in [1.807, 2.05) is 17.5 Å². The van der Waals surface area contributed by atoms with Crippen molar-refractivity contribution >= 4 is 40.3 Å². The molecule has 1 atom stereocenters. The molecule has 0 saturated heterocycles. The predicted octanol–water partition coefficient (Wildman–Crippen LogP) is 4.10. The van der Waals surface area contributed by atoms with Crippen LogP contribution in [0.2, 0.25) is 0 Å². The van der Waals surface area contributed by atoms with Gasteiger partial charge in [-0.15, -0.1) is 11.3 Å². The molecule has 0 unspecified atom stereocenters. The maximum absolute atomic E-state index is 14.1. The number of anilines is 1. The molecule has 1 aliphatic rings. The van der Waals surface area contributed by atoms with Gasteiger partial charge < -0.3 is 14.8 Å². The molecule has 1 aromatic carbocycles. The molecule has 1 aliphatic heterocycles. The molecule has 0 amide bonds. The molecule has 1 aromatic heterocycles. The van der Waals surface area contributed by atoms with Gasteiger partial charge in [0.25, 0.3) is 0 Å². The average Bonchev–Trinajstić information content (AvgIpc) is 3.19. The third kappa shape index (κ3) is 4.09. The summed E-state index contributed by atoms with van der Waals surface area (Å²) < 4.78 is 24.5. The van der Waals surface area contributed by atoms with Gasteiger partial charge in [0.05, 0.1) is 23.9 Å². The van der Waals surface area contributed by atoms with Crippen molar-refractivity contribution < 1.29 is 18.7 Å². The molecule has 0 aliphatic carbocycles. The standard InChI is InChI=1S/C20H21FN2O3S2/c1-12-6-7-14(11-15(12)21)23-13(2)17(19(24)26-9-8-25-3)18(22-20(23)27)16-5-4-10-28-16/h4-7,10-11,18H,8-9H2,1-3H3,(H,22,27)/t18-/m1/s1. The predicted molar refractivity (Wildman–Crippen MR) is 112 cm³/mol. The molecule has 0 saturated carbocycles. The second kappa shape index (κ2) is 8.81. The van der Waals surface area contributed by atoms with Crippen LogP contribution >= 0.6 is 23.6 Å². The third-order valence-electron chi connectivity index (χ3n) is 4.47. The monoisotopic (exact) mass is 420 g/mol. The minimum Gasteiger partial charge on any atom is -0.460 e. The molecule has 3 rings (SSSR count). The second-order valence-electron chi connectivity index (χ2n) is 6.29. The fraction of sp³-hybridized carbons (Fsp3) is 0.300. The molecular weight excluding hydrogens is 399 g/mol. The molecule has 2 heterocycles. The lowest BCUT2D eigenvalue weighted by molar-refractivity contribution is -0.140. The Labute approximate surface area is 172 Å². The summed E-state index contributed by atoms with van der Waals surface area (Å²) >= 11 is 7.07. The van der Waals surface area contributed by atoms with Crippen molar-refractivity contribution in [2.75, 3.05) is 25.2 Å². The summed E-state index contributed by atoms with van der Waals surface area (Å²) in [6.07, 6.45) is 0. The lowest BCUT2D eigenvalue weighted by Crippen LogP contribution is -2.48. The van der Waals surface area contributed by atoms with Crippen molar-refractivity contribution in [2.45, 2.75) is 19.9 Å². The van der Waals surface area contributed by atoms with E-state index in [9.17, 15) is 9.18 Å². The Morgan fingerprint density at radius 1 is 1.32 bits per heavy atom. The number of methoxy groups -OCH3 is 1. The van der Waals surface area contributed by atoms with Crippen LogP contribution in [0.25, 0.3) is 0 Å². The molecule has 8 heteroatoms. The minimum atomic E-state index is -0.458. The number of carbonyl (C=O) groups excluding carboxylic acids is 1. The first-order valence-corrected chi connectivity index (χ1v) is 9.99. The maximum Gasteiger partial charge on any atom is 0.338 e. The van der Waals surface area contributed by atoms with Crippen molar-refractivity contribution in [3.63, 3.8) is 0 Å². The topological polar surface area (TPSA) is 50.8 Å². The molecule has 0 fully saturated rings. The Morgan fingerprint density at radius 2 is 2.11 bits per heavy atom. The SMILES string of the molecule is COCCOC(=O)C1=C(C)N(c2ccc(C)c(F)c2)C(=S)N[C@@H]1c1cccs1. The van der Waals surface area contributed by atoms with Gasteiger partial charge >= 0.3 is 5.97 Å². The van der Waals surface area contributed by atoms with Crippen LogP contribution in [0.5, 0.6) is 0 Å². The summed E-state index contributed by atoms with van der Waals surface area (Å²) in [5, 5.41) is 5.54. The number of nitrogens with zero attached hydrogens (tertiary/aromatic N) is 1. The molecule has 1 N–H and O–H groups in total. The molecular formula is C20H21FN2O3S2. The number of hydrogen-bond acceptors (Lipinski definition) is 5. The van der Waals surface area contributed by atoms with E-state index in [1.165, 1.54) is 17.4 Å². The lowest BCUT2D eigenvalue weighted by Gasteiger charge is -2.37. The lowest BCUT2D eigenvalue weighted by atomic mass is 10.00. The van der Waals surface area contributed by atoms with Gasteiger partial charge in [0.15, 0.2) is 5.11 Å². The van der Waals surface area contributed by atoms with Crippen molar-refractivity contribution in [1.29, 1.82) is 0 Å². The minimum absolute atomic E-state index is 0.146. The Bertz CT molecular complexity index is 912. The molecule has 5 nitrogen and oxygen atoms in total. The highest BCUT2D eigenvalue weighted by molar-refractivity contribution is 7.80. The van der Waals surface area contributed by atoms with Gasteiger partial charge in [-0.05, 0) is 55.2 Å². The van der Waals surface area contributed by atoms with E-state index < -0.39 is 12.0 Å². The number of rotatable bonds is 6. The van der Waals surface area contributed by atoms with E-state index in [0.29, 0.717) is 34.2 Å². The first-order chi connectivity index (χ1) is 13.4. The van der Waals surface area contributed by atoms with Gasteiger partial charge in [0.2, 0.25) is 0 Å². The number of allylic oxidation sites excluding steroid dienone is 1. The van der Waals surface area contributed by atoms with Gasteiger partial charge in [0.1, 0.15) is 12.4 Å². The Morgan fingerprint density at radius 3 is 2.75 bits per heavy atom. The van der Waals surface area contributed by atoms with Crippen molar-refractivity contribution in [3.05, 3.63) is 63.2 Å². The zero-order valence-electron chi connectivity index (χ0n) is 15.8. The van der Waals surface area contributed by atoms with Crippen LogP contribution in [0.1, 0.15) is 23.4 Å². The van der Waals surface area contributed by atoms with Gasteiger partial charge in [-0.2, -0.15) is 0 Å².